The van der Waals surface area contributed by atoms with Crippen molar-refractivity contribution in [3.63, 3.8) is 0 Å². The maximum atomic E-state index is 5.91. The highest BCUT2D eigenvalue weighted by Gasteiger charge is 2.07. The van der Waals surface area contributed by atoms with E-state index >= 15 is 0 Å². The highest BCUT2D eigenvalue weighted by atomic mass is 16.5. The van der Waals surface area contributed by atoms with Crippen LogP contribution in [-0.4, -0.2) is 12.6 Å². The SMILES string of the molecule is CCc1cccc(OCC(N)C(C)C)c1. The molecular formula is C13H21NO. The van der Waals surface area contributed by atoms with Crippen molar-refractivity contribution in [2.75, 3.05) is 6.61 Å². The Morgan fingerprint density at radius 1 is 1.33 bits per heavy atom. The van der Waals surface area contributed by atoms with Gasteiger partial charge in [-0.1, -0.05) is 32.9 Å². The molecule has 0 spiro atoms. The van der Waals surface area contributed by atoms with E-state index in [1.807, 2.05) is 12.1 Å². The maximum Gasteiger partial charge on any atom is 0.119 e. The van der Waals surface area contributed by atoms with E-state index in [4.69, 9.17) is 10.5 Å². The molecule has 0 radical (unpaired) electrons. The summed E-state index contributed by atoms with van der Waals surface area (Å²) in [4.78, 5) is 0. The fraction of sp³-hybridized carbons (Fsp3) is 0.538. The van der Waals surface area contributed by atoms with Crippen molar-refractivity contribution in [2.45, 2.75) is 33.2 Å². The quantitative estimate of drug-likeness (QED) is 0.805. The number of benzene rings is 1. The van der Waals surface area contributed by atoms with E-state index in [1.165, 1.54) is 5.56 Å². The van der Waals surface area contributed by atoms with Gasteiger partial charge in [-0.05, 0) is 30.0 Å². The minimum Gasteiger partial charge on any atom is -0.492 e. The van der Waals surface area contributed by atoms with Crippen LogP contribution in [0.4, 0.5) is 0 Å². The van der Waals surface area contributed by atoms with Crippen LogP contribution in [0.25, 0.3) is 0 Å². The van der Waals surface area contributed by atoms with Crippen LogP contribution in [0.15, 0.2) is 24.3 Å². The Bertz CT molecular complexity index is 296. The fourth-order valence-corrected chi connectivity index (χ4v) is 1.24. The molecule has 15 heavy (non-hydrogen) atoms. The molecule has 1 aromatic carbocycles. The molecule has 0 saturated heterocycles. The van der Waals surface area contributed by atoms with Crippen molar-refractivity contribution in [2.24, 2.45) is 11.7 Å². The molecule has 2 nitrogen and oxygen atoms in total. The second-order valence-corrected chi connectivity index (χ2v) is 4.22. The summed E-state index contributed by atoms with van der Waals surface area (Å²) < 4.78 is 5.65. The molecule has 1 aromatic rings. The van der Waals surface area contributed by atoms with Crippen LogP contribution in [0.2, 0.25) is 0 Å². The van der Waals surface area contributed by atoms with E-state index in [2.05, 4.69) is 32.9 Å². The van der Waals surface area contributed by atoms with Gasteiger partial charge in [0.25, 0.3) is 0 Å². The van der Waals surface area contributed by atoms with Gasteiger partial charge in [0.15, 0.2) is 0 Å². The molecule has 0 aliphatic rings. The lowest BCUT2D eigenvalue weighted by atomic mass is 10.1. The summed E-state index contributed by atoms with van der Waals surface area (Å²) in [7, 11) is 0. The number of ether oxygens (including phenoxy) is 1. The van der Waals surface area contributed by atoms with Crippen LogP contribution in [0, 0.1) is 5.92 Å². The van der Waals surface area contributed by atoms with E-state index in [0.717, 1.165) is 12.2 Å². The first-order valence-electron chi connectivity index (χ1n) is 5.60. The Labute approximate surface area is 92.4 Å². The summed E-state index contributed by atoms with van der Waals surface area (Å²) in [5.41, 5.74) is 7.21. The Morgan fingerprint density at radius 3 is 2.67 bits per heavy atom. The summed E-state index contributed by atoms with van der Waals surface area (Å²) in [6.07, 6.45) is 1.04. The fourth-order valence-electron chi connectivity index (χ4n) is 1.24. The van der Waals surface area contributed by atoms with E-state index in [-0.39, 0.29) is 6.04 Å². The third-order valence-electron chi connectivity index (χ3n) is 2.61. The molecule has 0 fully saturated rings. The second-order valence-electron chi connectivity index (χ2n) is 4.22. The Balaban J connectivity index is 2.50. The summed E-state index contributed by atoms with van der Waals surface area (Å²) in [6.45, 7) is 6.94. The molecular weight excluding hydrogens is 186 g/mol. The zero-order valence-corrected chi connectivity index (χ0v) is 9.86. The minimum absolute atomic E-state index is 0.107. The van der Waals surface area contributed by atoms with Crippen LogP contribution in [0.5, 0.6) is 5.75 Å². The Kier molecular flexibility index (Phi) is 4.63. The average Bonchev–Trinajstić information content (AvgIpc) is 2.26. The summed E-state index contributed by atoms with van der Waals surface area (Å²) in [6, 6.07) is 8.29. The maximum absolute atomic E-state index is 5.91. The standard InChI is InChI=1S/C13H21NO/c1-4-11-6-5-7-12(8-11)15-9-13(14)10(2)3/h5-8,10,13H,4,9,14H2,1-3H3. The monoisotopic (exact) mass is 207 g/mol. The van der Waals surface area contributed by atoms with Gasteiger partial charge in [-0.25, -0.2) is 0 Å². The lowest BCUT2D eigenvalue weighted by Crippen LogP contribution is -2.32. The summed E-state index contributed by atoms with van der Waals surface area (Å²) in [5.74, 6) is 1.38. The van der Waals surface area contributed by atoms with E-state index < -0.39 is 0 Å². The number of hydrogen-bond donors (Lipinski definition) is 1. The van der Waals surface area contributed by atoms with Crippen LogP contribution in [0.1, 0.15) is 26.3 Å². The van der Waals surface area contributed by atoms with Crippen LogP contribution in [-0.2, 0) is 6.42 Å². The van der Waals surface area contributed by atoms with Crippen molar-refractivity contribution < 1.29 is 4.74 Å². The minimum atomic E-state index is 0.107. The first-order chi connectivity index (χ1) is 7.13. The largest absolute Gasteiger partial charge is 0.492 e. The van der Waals surface area contributed by atoms with Gasteiger partial charge in [-0.2, -0.15) is 0 Å². The zero-order valence-electron chi connectivity index (χ0n) is 9.86. The highest BCUT2D eigenvalue weighted by molar-refractivity contribution is 5.28. The average molecular weight is 207 g/mol. The number of aryl methyl sites for hydroxylation is 1. The molecule has 0 aromatic heterocycles. The van der Waals surface area contributed by atoms with Crippen molar-refractivity contribution in [3.05, 3.63) is 29.8 Å². The van der Waals surface area contributed by atoms with Gasteiger partial charge in [0.2, 0.25) is 0 Å². The van der Waals surface area contributed by atoms with Gasteiger partial charge in [-0.15, -0.1) is 0 Å². The van der Waals surface area contributed by atoms with Gasteiger partial charge in [0.1, 0.15) is 12.4 Å². The molecule has 1 rings (SSSR count). The first-order valence-corrected chi connectivity index (χ1v) is 5.60. The normalized spacial score (nSPS) is 12.9. The van der Waals surface area contributed by atoms with Gasteiger partial charge in [0.05, 0.1) is 0 Å². The lowest BCUT2D eigenvalue weighted by Gasteiger charge is -2.16. The molecule has 2 N–H and O–H groups in total. The number of rotatable bonds is 5. The van der Waals surface area contributed by atoms with Gasteiger partial charge in [0, 0.05) is 6.04 Å². The van der Waals surface area contributed by atoms with E-state index in [9.17, 15) is 0 Å². The molecule has 1 unspecified atom stereocenters. The smallest absolute Gasteiger partial charge is 0.119 e. The number of hydrogen-bond acceptors (Lipinski definition) is 2. The third-order valence-corrected chi connectivity index (χ3v) is 2.61. The van der Waals surface area contributed by atoms with Gasteiger partial charge < -0.3 is 10.5 Å². The van der Waals surface area contributed by atoms with Crippen molar-refractivity contribution in [3.8, 4) is 5.75 Å². The summed E-state index contributed by atoms with van der Waals surface area (Å²) in [5, 5.41) is 0. The van der Waals surface area contributed by atoms with E-state index in [0.29, 0.717) is 12.5 Å². The molecule has 0 bridgehead atoms. The zero-order chi connectivity index (χ0) is 11.3. The molecule has 0 aliphatic carbocycles. The predicted molar refractivity (Wildman–Crippen MR) is 64.1 cm³/mol. The van der Waals surface area contributed by atoms with Gasteiger partial charge in [-0.3, -0.25) is 0 Å². The Morgan fingerprint density at radius 2 is 2.07 bits per heavy atom. The molecule has 0 heterocycles. The molecule has 1 atom stereocenters. The molecule has 2 heteroatoms. The number of nitrogens with two attached hydrogens (primary N) is 1. The summed E-state index contributed by atoms with van der Waals surface area (Å²) >= 11 is 0. The Hall–Kier alpha value is -1.02. The topological polar surface area (TPSA) is 35.2 Å². The first kappa shape index (κ1) is 12.1. The van der Waals surface area contributed by atoms with Crippen molar-refractivity contribution in [1.82, 2.24) is 0 Å². The molecule has 0 amide bonds. The molecule has 0 saturated carbocycles. The van der Waals surface area contributed by atoms with Crippen LogP contribution >= 0.6 is 0 Å². The van der Waals surface area contributed by atoms with Crippen molar-refractivity contribution >= 4 is 0 Å². The van der Waals surface area contributed by atoms with Crippen LogP contribution in [0.3, 0.4) is 0 Å². The molecule has 84 valence electrons. The molecule has 0 aliphatic heterocycles. The van der Waals surface area contributed by atoms with Gasteiger partial charge >= 0.3 is 0 Å². The van der Waals surface area contributed by atoms with E-state index in [1.54, 1.807) is 0 Å². The predicted octanol–water partition coefficient (Wildman–Crippen LogP) is 2.61. The van der Waals surface area contributed by atoms with Crippen molar-refractivity contribution in [1.29, 1.82) is 0 Å². The van der Waals surface area contributed by atoms with Crippen LogP contribution < -0.4 is 10.5 Å². The third kappa shape index (κ3) is 3.92. The lowest BCUT2D eigenvalue weighted by molar-refractivity contribution is 0.259. The highest BCUT2D eigenvalue weighted by Crippen LogP contribution is 2.14. The second kappa shape index (κ2) is 5.76.